The standard InChI is InChI=1S/C23H29N3O/c1-19-15-20(2)17-22(16-19)24-23(27)18-26-13-11-25(12-14-26)10-6-9-21-7-4-3-5-8-21/h3-9,15-17H,10-14,18H2,1-2H3,(H,24,27). The predicted octanol–water partition coefficient (Wildman–Crippen LogP) is 3.57. The van der Waals surface area contributed by atoms with Crippen molar-refractivity contribution in [2.45, 2.75) is 13.8 Å². The SMILES string of the molecule is Cc1cc(C)cc(NC(=O)CN2CCN(CC=Cc3ccccc3)CC2)c1. The Bertz CT molecular complexity index is 757. The molecule has 0 saturated carbocycles. The van der Waals surface area contributed by atoms with E-state index in [-0.39, 0.29) is 5.91 Å². The Labute approximate surface area is 162 Å². The largest absolute Gasteiger partial charge is 0.325 e. The van der Waals surface area contributed by atoms with Crippen molar-refractivity contribution in [3.63, 3.8) is 0 Å². The first-order valence-electron chi connectivity index (χ1n) is 9.63. The second-order valence-corrected chi connectivity index (χ2v) is 7.31. The normalized spacial score (nSPS) is 15.9. The Balaban J connectivity index is 1.40. The number of benzene rings is 2. The molecule has 27 heavy (non-hydrogen) atoms. The van der Waals surface area contributed by atoms with Gasteiger partial charge in [0.1, 0.15) is 0 Å². The molecule has 1 amide bonds. The molecule has 4 nitrogen and oxygen atoms in total. The second kappa shape index (κ2) is 9.49. The lowest BCUT2D eigenvalue weighted by Gasteiger charge is -2.33. The minimum atomic E-state index is 0.0671. The van der Waals surface area contributed by atoms with Crippen LogP contribution in [0.1, 0.15) is 16.7 Å². The van der Waals surface area contributed by atoms with E-state index < -0.39 is 0 Å². The molecule has 1 heterocycles. The van der Waals surface area contributed by atoms with Crippen LogP contribution in [0.15, 0.2) is 54.6 Å². The van der Waals surface area contributed by atoms with Crippen LogP contribution in [0, 0.1) is 13.8 Å². The summed E-state index contributed by atoms with van der Waals surface area (Å²) >= 11 is 0. The third-order valence-corrected chi connectivity index (χ3v) is 4.81. The lowest BCUT2D eigenvalue weighted by Crippen LogP contribution is -2.48. The number of anilines is 1. The number of hydrogen-bond acceptors (Lipinski definition) is 3. The number of amides is 1. The molecule has 1 N–H and O–H groups in total. The monoisotopic (exact) mass is 363 g/mol. The van der Waals surface area contributed by atoms with Gasteiger partial charge in [-0.1, -0.05) is 48.6 Å². The zero-order valence-electron chi connectivity index (χ0n) is 16.3. The first kappa shape index (κ1) is 19.3. The fraction of sp³-hybridized carbons (Fsp3) is 0.348. The number of carbonyl (C=O) groups is 1. The van der Waals surface area contributed by atoms with E-state index in [4.69, 9.17) is 0 Å². The molecule has 4 heteroatoms. The Hall–Kier alpha value is -2.43. The summed E-state index contributed by atoms with van der Waals surface area (Å²) in [7, 11) is 0. The van der Waals surface area contributed by atoms with E-state index in [1.54, 1.807) is 0 Å². The molecule has 1 aliphatic heterocycles. The molecule has 0 aromatic heterocycles. The maximum absolute atomic E-state index is 12.3. The van der Waals surface area contributed by atoms with Gasteiger partial charge in [-0.15, -0.1) is 0 Å². The van der Waals surface area contributed by atoms with Gasteiger partial charge in [0.2, 0.25) is 5.91 Å². The Kier molecular flexibility index (Phi) is 6.80. The summed E-state index contributed by atoms with van der Waals surface area (Å²) in [4.78, 5) is 17.0. The highest BCUT2D eigenvalue weighted by Crippen LogP contribution is 2.14. The van der Waals surface area contributed by atoms with Gasteiger partial charge in [0.25, 0.3) is 0 Å². The number of hydrogen-bond donors (Lipinski definition) is 1. The van der Waals surface area contributed by atoms with E-state index in [0.29, 0.717) is 6.54 Å². The number of nitrogens with one attached hydrogen (secondary N) is 1. The number of nitrogens with zero attached hydrogens (tertiary/aromatic N) is 2. The van der Waals surface area contributed by atoms with Crippen molar-refractivity contribution in [2.75, 3.05) is 44.6 Å². The van der Waals surface area contributed by atoms with Gasteiger partial charge >= 0.3 is 0 Å². The van der Waals surface area contributed by atoms with Crippen LogP contribution in [0.5, 0.6) is 0 Å². The van der Waals surface area contributed by atoms with Crippen molar-refractivity contribution in [2.24, 2.45) is 0 Å². The van der Waals surface area contributed by atoms with E-state index in [1.807, 2.05) is 32.0 Å². The summed E-state index contributed by atoms with van der Waals surface area (Å²) in [6, 6.07) is 16.5. The molecular formula is C23H29N3O. The van der Waals surface area contributed by atoms with Gasteiger partial charge in [0.05, 0.1) is 6.54 Å². The van der Waals surface area contributed by atoms with Crippen LogP contribution >= 0.6 is 0 Å². The fourth-order valence-corrected chi connectivity index (χ4v) is 3.48. The molecule has 3 rings (SSSR count). The molecule has 0 unspecified atom stereocenters. The summed E-state index contributed by atoms with van der Waals surface area (Å²) in [5, 5.41) is 3.03. The molecule has 1 fully saturated rings. The minimum Gasteiger partial charge on any atom is -0.325 e. The summed E-state index contributed by atoms with van der Waals surface area (Å²) < 4.78 is 0. The van der Waals surface area contributed by atoms with E-state index in [2.05, 4.69) is 57.6 Å². The molecule has 0 atom stereocenters. The van der Waals surface area contributed by atoms with Crippen LogP contribution in [0.4, 0.5) is 5.69 Å². The van der Waals surface area contributed by atoms with Crippen molar-refractivity contribution >= 4 is 17.7 Å². The van der Waals surface area contributed by atoms with Gasteiger partial charge in [0, 0.05) is 38.4 Å². The molecular weight excluding hydrogens is 334 g/mol. The fourth-order valence-electron chi connectivity index (χ4n) is 3.48. The van der Waals surface area contributed by atoms with Crippen LogP contribution in [0.3, 0.4) is 0 Å². The molecule has 0 aliphatic carbocycles. The van der Waals surface area contributed by atoms with Crippen molar-refractivity contribution in [3.8, 4) is 0 Å². The van der Waals surface area contributed by atoms with Gasteiger partial charge in [-0.05, 0) is 42.7 Å². The average Bonchev–Trinajstić information content (AvgIpc) is 2.63. The Morgan fingerprint density at radius 2 is 1.59 bits per heavy atom. The van der Waals surface area contributed by atoms with E-state index in [1.165, 1.54) is 16.7 Å². The quantitative estimate of drug-likeness (QED) is 0.852. The summed E-state index contributed by atoms with van der Waals surface area (Å²) in [5.74, 6) is 0.0671. The van der Waals surface area contributed by atoms with Gasteiger partial charge in [-0.2, -0.15) is 0 Å². The molecule has 0 radical (unpaired) electrons. The van der Waals surface area contributed by atoms with Crippen molar-refractivity contribution in [1.29, 1.82) is 0 Å². The third-order valence-electron chi connectivity index (χ3n) is 4.81. The van der Waals surface area contributed by atoms with Crippen molar-refractivity contribution in [1.82, 2.24) is 9.80 Å². The maximum Gasteiger partial charge on any atom is 0.238 e. The van der Waals surface area contributed by atoms with Crippen LogP contribution in [0.25, 0.3) is 6.08 Å². The molecule has 1 aliphatic rings. The van der Waals surface area contributed by atoms with E-state index >= 15 is 0 Å². The van der Waals surface area contributed by atoms with Gasteiger partial charge in [0.15, 0.2) is 0 Å². The topological polar surface area (TPSA) is 35.6 Å². The van der Waals surface area contributed by atoms with Crippen LogP contribution in [0.2, 0.25) is 0 Å². The van der Waals surface area contributed by atoms with Crippen molar-refractivity contribution < 1.29 is 4.79 Å². The number of aryl methyl sites for hydroxylation is 2. The van der Waals surface area contributed by atoms with Crippen LogP contribution in [-0.4, -0.2) is 55.0 Å². The summed E-state index contributed by atoms with van der Waals surface area (Å²) in [5.41, 5.74) is 4.46. The highest BCUT2D eigenvalue weighted by molar-refractivity contribution is 5.92. The first-order chi connectivity index (χ1) is 13.1. The van der Waals surface area contributed by atoms with E-state index in [9.17, 15) is 4.79 Å². The molecule has 0 spiro atoms. The van der Waals surface area contributed by atoms with Crippen LogP contribution in [-0.2, 0) is 4.79 Å². The van der Waals surface area contributed by atoms with Gasteiger partial charge in [-0.3, -0.25) is 14.6 Å². The number of carbonyl (C=O) groups excluding carboxylic acids is 1. The highest BCUT2D eigenvalue weighted by atomic mass is 16.2. The second-order valence-electron chi connectivity index (χ2n) is 7.31. The first-order valence-corrected chi connectivity index (χ1v) is 9.63. The number of piperazine rings is 1. The summed E-state index contributed by atoms with van der Waals surface area (Å²) in [6.45, 7) is 9.37. The van der Waals surface area contributed by atoms with Crippen molar-refractivity contribution in [3.05, 3.63) is 71.3 Å². The van der Waals surface area contributed by atoms with Gasteiger partial charge in [-0.25, -0.2) is 0 Å². The Morgan fingerprint density at radius 1 is 0.963 bits per heavy atom. The third kappa shape index (κ3) is 6.35. The molecule has 1 saturated heterocycles. The average molecular weight is 364 g/mol. The predicted molar refractivity (Wildman–Crippen MR) is 113 cm³/mol. The van der Waals surface area contributed by atoms with Gasteiger partial charge < -0.3 is 5.32 Å². The highest BCUT2D eigenvalue weighted by Gasteiger charge is 2.18. The lowest BCUT2D eigenvalue weighted by molar-refractivity contribution is -0.117. The zero-order valence-corrected chi connectivity index (χ0v) is 16.3. The maximum atomic E-state index is 12.3. The Morgan fingerprint density at radius 3 is 2.26 bits per heavy atom. The van der Waals surface area contributed by atoms with E-state index in [0.717, 1.165) is 38.4 Å². The molecule has 142 valence electrons. The minimum absolute atomic E-state index is 0.0671. The molecule has 2 aromatic carbocycles. The van der Waals surface area contributed by atoms with Crippen LogP contribution < -0.4 is 5.32 Å². The zero-order chi connectivity index (χ0) is 19.1. The number of rotatable bonds is 6. The molecule has 0 bridgehead atoms. The lowest BCUT2D eigenvalue weighted by atomic mass is 10.1. The summed E-state index contributed by atoms with van der Waals surface area (Å²) in [6.07, 6.45) is 4.39. The smallest absolute Gasteiger partial charge is 0.238 e. The molecule has 2 aromatic rings.